The highest BCUT2D eigenvalue weighted by molar-refractivity contribution is 6.30. The second-order valence-corrected chi connectivity index (χ2v) is 6.80. The van der Waals surface area contributed by atoms with E-state index in [1.54, 1.807) is 0 Å². The quantitative estimate of drug-likeness (QED) is 0.826. The molecule has 6 nitrogen and oxygen atoms in total. The molecule has 0 N–H and O–H groups in total. The van der Waals surface area contributed by atoms with E-state index in [2.05, 4.69) is 15.1 Å². The number of fused-ring (bicyclic) bond motifs is 1. The first-order chi connectivity index (χ1) is 11.7. The van der Waals surface area contributed by atoms with E-state index in [0.717, 1.165) is 25.4 Å². The highest BCUT2D eigenvalue weighted by Gasteiger charge is 2.46. The number of hydrogen-bond acceptors (Lipinski definition) is 6. The fourth-order valence-electron chi connectivity index (χ4n) is 3.52. The van der Waals surface area contributed by atoms with Crippen molar-refractivity contribution in [3.8, 4) is 5.75 Å². The molecule has 4 rings (SSSR count). The number of likely N-dealkylation sites (tertiary alicyclic amines) is 1. The minimum atomic E-state index is 0.207. The van der Waals surface area contributed by atoms with Crippen LogP contribution in [0.2, 0.25) is 5.02 Å². The molecule has 7 heteroatoms. The SMILES string of the molecule is Cc1nnc([C@@H]2CO[C@@H]3CN(CCOc4ccc(Cl)cc4)C[C@@H]32)o1. The smallest absolute Gasteiger partial charge is 0.222 e. The third kappa shape index (κ3) is 3.27. The molecular weight excluding hydrogens is 330 g/mol. The molecule has 24 heavy (non-hydrogen) atoms. The number of benzene rings is 1. The van der Waals surface area contributed by atoms with Crippen LogP contribution in [0.15, 0.2) is 28.7 Å². The van der Waals surface area contributed by atoms with Crippen molar-refractivity contribution in [2.45, 2.75) is 18.9 Å². The van der Waals surface area contributed by atoms with Gasteiger partial charge in [0.15, 0.2) is 0 Å². The zero-order valence-corrected chi connectivity index (χ0v) is 14.3. The largest absolute Gasteiger partial charge is 0.492 e. The summed E-state index contributed by atoms with van der Waals surface area (Å²) in [5, 5.41) is 8.83. The summed E-state index contributed by atoms with van der Waals surface area (Å²) in [6, 6.07) is 7.44. The Morgan fingerprint density at radius 3 is 2.83 bits per heavy atom. The van der Waals surface area contributed by atoms with Crippen LogP contribution in [0, 0.1) is 12.8 Å². The Morgan fingerprint density at radius 2 is 2.08 bits per heavy atom. The molecule has 128 valence electrons. The molecule has 0 spiro atoms. The summed E-state index contributed by atoms with van der Waals surface area (Å²) in [4.78, 5) is 2.38. The van der Waals surface area contributed by atoms with Crippen molar-refractivity contribution >= 4 is 11.6 Å². The van der Waals surface area contributed by atoms with Crippen molar-refractivity contribution in [3.05, 3.63) is 41.1 Å². The normalized spacial score (nSPS) is 26.7. The Hall–Kier alpha value is -1.63. The lowest BCUT2D eigenvalue weighted by molar-refractivity contribution is 0.0945. The summed E-state index contributed by atoms with van der Waals surface area (Å²) in [5.74, 6) is 2.78. The second-order valence-electron chi connectivity index (χ2n) is 6.36. The monoisotopic (exact) mass is 349 g/mol. The van der Waals surface area contributed by atoms with Gasteiger partial charge in [-0.2, -0.15) is 0 Å². The van der Waals surface area contributed by atoms with E-state index in [1.165, 1.54) is 0 Å². The number of ether oxygens (including phenoxy) is 2. The third-order valence-corrected chi connectivity index (χ3v) is 4.99. The van der Waals surface area contributed by atoms with Crippen LogP contribution in [0.4, 0.5) is 0 Å². The van der Waals surface area contributed by atoms with E-state index in [1.807, 2.05) is 31.2 Å². The van der Waals surface area contributed by atoms with Crippen molar-refractivity contribution in [2.75, 3.05) is 32.8 Å². The molecule has 2 saturated heterocycles. The Morgan fingerprint density at radius 1 is 1.25 bits per heavy atom. The molecular formula is C17H20ClN3O3. The predicted octanol–water partition coefficient (Wildman–Crippen LogP) is 2.52. The fraction of sp³-hybridized carbons (Fsp3) is 0.529. The standard InChI is InChI=1S/C17H20ClN3O3/c1-11-19-20-17(24-11)15-10-23-16-9-21(8-14(15)16)6-7-22-13-4-2-12(18)3-5-13/h2-5,14-16H,6-10H2,1H3/t14-,15-,16-/m1/s1. The number of halogens is 1. The molecule has 0 amide bonds. The summed E-state index contributed by atoms with van der Waals surface area (Å²) in [6.07, 6.45) is 0.248. The van der Waals surface area contributed by atoms with Gasteiger partial charge < -0.3 is 13.9 Å². The zero-order valence-electron chi connectivity index (χ0n) is 13.5. The molecule has 0 radical (unpaired) electrons. The van der Waals surface area contributed by atoms with Crippen molar-refractivity contribution in [1.29, 1.82) is 0 Å². The van der Waals surface area contributed by atoms with Gasteiger partial charge in [-0.3, -0.25) is 4.90 Å². The highest BCUT2D eigenvalue weighted by Crippen LogP contribution is 2.39. The molecule has 0 unspecified atom stereocenters. The van der Waals surface area contributed by atoms with Crippen LogP contribution in [0.1, 0.15) is 17.7 Å². The van der Waals surface area contributed by atoms with Gasteiger partial charge in [-0.1, -0.05) is 11.6 Å². The molecule has 2 aromatic rings. The maximum atomic E-state index is 5.94. The van der Waals surface area contributed by atoms with Crippen molar-refractivity contribution < 1.29 is 13.9 Å². The Labute approximate surface area is 145 Å². The van der Waals surface area contributed by atoms with Crippen molar-refractivity contribution in [1.82, 2.24) is 15.1 Å². The van der Waals surface area contributed by atoms with E-state index in [4.69, 9.17) is 25.5 Å². The van der Waals surface area contributed by atoms with Gasteiger partial charge >= 0.3 is 0 Å². The molecule has 0 saturated carbocycles. The Bertz CT molecular complexity index is 691. The van der Waals surface area contributed by atoms with Gasteiger partial charge in [0.2, 0.25) is 11.8 Å². The molecule has 1 aromatic heterocycles. The number of hydrogen-bond donors (Lipinski definition) is 0. The second kappa shape index (κ2) is 6.70. The molecule has 3 atom stereocenters. The average molecular weight is 350 g/mol. The molecule has 2 aliphatic heterocycles. The first kappa shape index (κ1) is 15.9. The minimum Gasteiger partial charge on any atom is -0.492 e. The van der Waals surface area contributed by atoms with Gasteiger partial charge in [0.25, 0.3) is 0 Å². The first-order valence-corrected chi connectivity index (χ1v) is 8.59. The van der Waals surface area contributed by atoms with Crippen LogP contribution in [0.3, 0.4) is 0 Å². The molecule has 0 aliphatic carbocycles. The van der Waals surface area contributed by atoms with Crippen molar-refractivity contribution in [2.24, 2.45) is 5.92 Å². The van der Waals surface area contributed by atoms with E-state index in [0.29, 0.717) is 35.9 Å². The van der Waals surface area contributed by atoms with E-state index in [9.17, 15) is 0 Å². The lowest BCUT2D eigenvalue weighted by atomic mass is 9.93. The first-order valence-electron chi connectivity index (χ1n) is 8.21. The predicted molar refractivity (Wildman–Crippen MR) is 88.4 cm³/mol. The highest BCUT2D eigenvalue weighted by atomic mass is 35.5. The molecule has 3 heterocycles. The van der Waals surface area contributed by atoms with E-state index < -0.39 is 0 Å². The number of aryl methyl sites for hydroxylation is 1. The van der Waals surface area contributed by atoms with Crippen LogP contribution in [0.25, 0.3) is 0 Å². The van der Waals surface area contributed by atoms with Crippen LogP contribution in [0.5, 0.6) is 5.75 Å². The van der Waals surface area contributed by atoms with Gasteiger partial charge in [-0.25, -0.2) is 0 Å². The van der Waals surface area contributed by atoms with Gasteiger partial charge in [0.05, 0.1) is 18.6 Å². The maximum absolute atomic E-state index is 5.94. The molecule has 1 aromatic carbocycles. The molecule has 2 fully saturated rings. The molecule has 2 aliphatic rings. The topological polar surface area (TPSA) is 60.6 Å². The number of rotatable bonds is 5. The fourth-order valence-corrected chi connectivity index (χ4v) is 3.64. The van der Waals surface area contributed by atoms with E-state index >= 15 is 0 Å². The van der Waals surface area contributed by atoms with Crippen LogP contribution < -0.4 is 4.74 Å². The minimum absolute atomic E-state index is 0.207. The lowest BCUT2D eigenvalue weighted by Gasteiger charge is -2.18. The van der Waals surface area contributed by atoms with E-state index in [-0.39, 0.29) is 12.0 Å². The summed E-state index contributed by atoms with van der Waals surface area (Å²) >= 11 is 5.87. The van der Waals surface area contributed by atoms with Crippen LogP contribution in [-0.2, 0) is 4.74 Å². The summed E-state index contributed by atoms with van der Waals surface area (Å²) in [5.41, 5.74) is 0. The van der Waals surface area contributed by atoms with Gasteiger partial charge in [0.1, 0.15) is 12.4 Å². The lowest BCUT2D eigenvalue weighted by Crippen LogP contribution is -2.28. The Balaban J connectivity index is 1.29. The van der Waals surface area contributed by atoms with Crippen LogP contribution in [-0.4, -0.2) is 54.0 Å². The van der Waals surface area contributed by atoms with Crippen LogP contribution >= 0.6 is 11.6 Å². The maximum Gasteiger partial charge on any atom is 0.222 e. The number of nitrogens with zero attached hydrogens (tertiary/aromatic N) is 3. The van der Waals surface area contributed by atoms with Gasteiger partial charge in [-0.05, 0) is 24.3 Å². The summed E-state index contributed by atoms with van der Waals surface area (Å²) < 4.78 is 17.3. The third-order valence-electron chi connectivity index (χ3n) is 4.74. The molecule has 0 bridgehead atoms. The van der Waals surface area contributed by atoms with Gasteiger partial charge in [0, 0.05) is 37.5 Å². The van der Waals surface area contributed by atoms with Crippen molar-refractivity contribution in [3.63, 3.8) is 0 Å². The summed E-state index contributed by atoms with van der Waals surface area (Å²) in [7, 11) is 0. The van der Waals surface area contributed by atoms with Gasteiger partial charge in [-0.15, -0.1) is 10.2 Å². The Kier molecular flexibility index (Phi) is 4.43. The average Bonchev–Trinajstić information content (AvgIpc) is 3.25. The number of aromatic nitrogens is 2. The summed E-state index contributed by atoms with van der Waals surface area (Å²) in [6.45, 7) is 5.91. The zero-order chi connectivity index (χ0) is 16.5.